The summed E-state index contributed by atoms with van der Waals surface area (Å²) in [6.45, 7) is 1.96. The Morgan fingerprint density at radius 3 is 2.28 bits per heavy atom. The van der Waals surface area contributed by atoms with Gasteiger partial charge in [0.1, 0.15) is 6.17 Å². The number of hydrogen-bond donors (Lipinski definition) is 2. The van der Waals surface area contributed by atoms with Crippen LogP contribution in [0.4, 0.5) is 10.5 Å². The van der Waals surface area contributed by atoms with E-state index in [2.05, 4.69) is 15.4 Å². The van der Waals surface area contributed by atoms with Gasteiger partial charge in [-0.1, -0.05) is 52.5 Å². The van der Waals surface area contributed by atoms with Gasteiger partial charge in [-0.2, -0.15) is 0 Å². The van der Waals surface area contributed by atoms with Gasteiger partial charge in [-0.3, -0.25) is 5.32 Å². The zero-order valence-electron chi connectivity index (χ0n) is 9.84. The van der Waals surface area contributed by atoms with Crippen molar-refractivity contribution < 1.29 is 9.53 Å². The fourth-order valence-electron chi connectivity index (χ4n) is 1.19. The molecule has 0 aliphatic heterocycles. The molecule has 7 heteroatoms. The lowest BCUT2D eigenvalue weighted by Crippen LogP contribution is -2.49. The summed E-state index contributed by atoms with van der Waals surface area (Å²) in [7, 11) is 1.23. The summed E-state index contributed by atoms with van der Waals surface area (Å²) in [5.41, 5.74) is 1.82. The highest BCUT2D eigenvalue weighted by Gasteiger charge is 2.34. The van der Waals surface area contributed by atoms with Crippen molar-refractivity contribution in [3.05, 3.63) is 29.8 Å². The molecule has 0 radical (unpaired) electrons. The van der Waals surface area contributed by atoms with Crippen LogP contribution in [0.2, 0.25) is 0 Å². The number of carbonyl (C=O) groups is 1. The van der Waals surface area contributed by atoms with E-state index < -0.39 is 16.1 Å². The van der Waals surface area contributed by atoms with E-state index in [1.807, 2.05) is 31.2 Å². The summed E-state index contributed by atoms with van der Waals surface area (Å²) in [5, 5.41) is 5.31. The quantitative estimate of drug-likeness (QED) is 0.664. The Morgan fingerprint density at radius 2 is 1.83 bits per heavy atom. The van der Waals surface area contributed by atoms with Gasteiger partial charge in [0.15, 0.2) is 0 Å². The van der Waals surface area contributed by atoms with E-state index in [4.69, 9.17) is 34.8 Å². The third kappa shape index (κ3) is 4.80. The Morgan fingerprint density at radius 1 is 1.28 bits per heavy atom. The maximum Gasteiger partial charge on any atom is 0.408 e. The number of halogens is 3. The van der Waals surface area contributed by atoms with Gasteiger partial charge in [-0.25, -0.2) is 4.79 Å². The van der Waals surface area contributed by atoms with Crippen LogP contribution in [0.15, 0.2) is 24.3 Å². The Kier molecular flexibility index (Phi) is 5.38. The summed E-state index contributed by atoms with van der Waals surface area (Å²) in [6, 6.07) is 7.43. The molecule has 0 saturated heterocycles. The molecule has 0 aliphatic carbocycles. The third-order valence-electron chi connectivity index (χ3n) is 2.14. The fourth-order valence-corrected chi connectivity index (χ4v) is 1.52. The zero-order chi connectivity index (χ0) is 13.8. The first-order valence-electron chi connectivity index (χ1n) is 5.07. The molecular weight excluding hydrogens is 298 g/mol. The van der Waals surface area contributed by atoms with E-state index in [1.54, 1.807) is 0 Å². The number of hydrogen-bond acceptors (Lipinski definition) is 3. The number of ether oxygens (including phenoxy) is 1. The number of alkyl halides is 3. The van der Waals surface area contributed by atoms with Crippen molar-refractivity contribution in [2.45, 2.75) is 16.9 Å². The van der Waals surface area contributed by atoms with E-state index in [-0.39, 0.29) is 0 Å². The Bertz CT molecular complexity index is 404. The average Bonchev–Trinajstić information content (AvgIpc) is 2.29. The molecule has 0 aromatic heterocycles. The molecule has 0 bridgehead atoms. The summed E-state index contributed by atoms with van der Waals surface area (Å²) in [5.74, 6) is 0. The molecule has 100 valence electrons. The van der Waals surface area contributed by atoms with Gasteiger partial charge >= 0.3 is 6.09 Å². The predicted octanol–water partition coefficient (Wildman–Crippen LogP) is 3.46. The Labute approximate surface area is 121 Å². The lowest BCUT2D eigenvalue weighted by molar-refractivity contribution is 0.168. The molecule has 4 nitrogen and oxygen atoms in total. The molecule has 1 rings (SSSR count). The lowest BCUT2D eigenvalue weighted by Gasteiger charge is -2.26. The highest BCUT2D eigenvalue weighted by Crippen LogP contribution is 2.31. The number of benzene rings is 1. The van der Waals surface area contributed by atoms with Crippen LogP contribution < -0.4 is 10.6 Å². The van der Waals surface area contributed by atoms with Crippen molar-refractivity contribution in [2.24, 2.45) is 0 Å². The molecule has 1 atom stereocenters. The number of alkyl carbamates (subject to hydrolysis) is 1. The molecule has 1 aromatic rings. The smallest absolute Gasteiger partial charge is 0.408 e. The van der Waals surface area contributed by atoms with Gasteiger partial charge in [0.2, 0.25) is 3.79 Å². The van der Waals surface area contributed by atoms with Crippen LogP contribution in [0.5, 0.6) is 0 Å². The minimum Gasteiger partial charge on any atom is -0.453 e. The first-order valence-corrected chi connectivity index (χ1v) is 6.20. The minimum absolute atomic E-state index is 0.689. The summed E-state index contributed by atoms with van der Waals surface area (Å²) in [4.78, 5) is 11.2. The highest BCUT2D eigenvalue weighted by atomic mass is 35.6. The zero-order valence-corrected chi connectivity index (χ0v) is 12.1. The second-order valence-corrected chi connectivity index (χ2v) is 5.99. The minimum atomic E-state index is -1.71. The first kappa shape index (κ1) is 15.2. The molecular formula is C11H13Cl3N2O2. The van der Waals surface area contributed by atoms with Gasteiger partial charge in [-0.05, 0) is 19.1 Å². The van der Waals surface area contributed by atoms with Gasteiger partial charge in [0.05, 0.1) is 7.11 Å². The number of anilines is 1. The van der Waals surface area contributed by atoms with E-state index in [9.17, 15) is 4.79 Å². The molecule has 0 aliphatic rings. The summed E-state index contributed by atoms with van der Waals surface area (Å²) >= 11 is 17.3. The van der Waals surface area contributed by atoms with Gasteiger partial charge in [0.25, 0.3) is 0 Å². The largest absolute Gasteiger partial charge is 0.453 e. The van der Waals surface area contributed by atoms with Crippen LogP contribution in [0.25, 0.3) is 0 Å². The normalized spacial score (nSPS) is 12.7. The lowest BCUT2D eigenvalue weighted by atomic mass is 10.2. The van der Waals surface area contributed by atoms with Gasteiger partial charge < -0.3 is 10.1 Å². The SMILES string of the molecule is COC(=O)N[C@H](Nc1ccc(C)cc1)C(Cl)(Cl)Cl. The van der Waals surface area contributed by atoms with Gasteiger partial charge in [-0.15, -0.1) is 0 Å². The first-order chi connectivity index (χ1) is 8.32. The molecule has 1 aromatic carbocycles. The van der Waals surface area contributed by atoms with E-state index in [0.717, 1.165) is 5.56 Å². The van der Waals surface area contributed by atoms with Crippen LogP contribution in [0.1, 0.15) is 5.56 Å². The van der Waals surface area contributed by atoms with Gasteiger partial charge in [0, 0.05) is 5.69 Å². The molecule has 0 spiro atoms. The predicted molar refractivity (Wildman–Crippen MR) is 74.4 cm³/mol. The number of aryl methyl sites for hydroxylation is 1. The summed E-state index contributed by atoms with van der Waals surface area (Å²) in [6.07, 6.45) is -1.59. The standard InChI is InChI=1S/C11H13Cl3N2O2/c1-7-3-5-8(6-4-7)15-9(11(12,13)14)16-10(17)18-2/h3-6,9,15H,1-2H3,(H,16,17)/t9-/m0/s1. The number of methoxy groups -OCH3 is 1. The third-order valence-corrected chi connectivity index (χ3v) is 2.79. The molecule has 2 N–H and O–H groups in total. The molecule has 18 heavy (non-hydrogen) atoms. The molecule has 0 fully saturated rings. The monoisotopic (exact) mass is 310 g/mol. The maximum atomic E-state index is 11.2. The Balaban J connectivity index is 2.78. The Hall–Kier alpha value is -0.840. The number of nitrogens with one attached hydrogen (secondary N) is 2. The number of carbonyl (C=O) groups excluding carboxylic acids is 1. The maximum absolute atomic E-state index is 11.2. The van der Waals surface area contributed by atoms with E-state index in [1.165, 1.54) is 7.11 Å². The van der Waals surface area contributed by atoms with Crippen LogP contribution in [-0.2, 0) is 4.74 Å². The topological polar surface area (TPSA) is 50.4 Å². The number of amides is 1. The van der Waals surface area contributed by atoms with E-state index >= 15 is 0 Å². The molecule has 0 saturated carbocycles. The second-order valence-electron chi connectivity index (χ2n) is 3.62. The second kappa shape index (κ2) is 6.36. The fraction of sp³-hybridized carbons (Fsp3) is 0.364. The molecule has 0 heterocycles. The van der Waals surface area contributed by atoms with Crippen molar-refractivity contribution in [3.63, 3.8) is 0 Å². The highest BCUT2D eigenvalue weighted by molar-refractivity contribution is 6.68. The number of rotatable bonds is 3. The summed E-state index contributed by atoms with van der Waals surface area (Å²) < 4.78 is 2.76. The van der Waals surface area contributed by atoms with Crippen molar-refractivity contribution >= 4 is 46.6 Å². The van der Waals surface area contributed by atoms with Crippen LogP contribution >= 0.6 is 34.8 Å². The van der Waals surface area contributed by atoms with Crippen LogP contribution in [0.3, 0.4) is 0 Å². The van der Waals surface area contributed by atoms with Crippen molar-refractivity contribution in [2.75, 3.05) is 12.4 Å². The van der Waals surface area contributed by atoms with Crippen LogP contribution in [0, 0.1) is 6.92 Å². The van der Waals surface area contributed by atoms with E-state index in [0.29, 0.717) is 5.69 Å². The van der Waals surface area contributed by atoms with Crippen molar-refractivity contribution in [3.8, 4) is 0 Å². The van der Waals surface area contributed by atoms with Crippen molar-refractivity contribution in [1.82, 2.24) is 5.32 Å². The molecule has 0 unspecified atom stereocenters. The van der Waals surface area contributed by atoms with Crippen LogP contribution in [-0.4, -0.2) is 23.2 Å². The average molecular weight is 312 g/mol. The van der Waals surface area contributed by atoms with Crippen molar-refractivity contribution in [1.29, 1.82) is 0 Å². The molecule has 1 amide bonds.